The van der Waals surface area contributed by atoms with Crippen molar-refractivity contribution in [3.8, 4) is 0 Å². The van der Waals surface area contributed by atoms with Crippen LogP contribution in [0.15, 0.2) is 12.2 Å². The summed E-state index contributed by atoms with van der Waals surface area (Å²) in [5.74, 6) is 3.00. The molecule has 4 aliphatic rings. The van der Waals surface area contributed by atoms with Crippen molar-refractivity contribution in [1.82, 2.24) is 0 Å². The van der Waals surface area contributed by atoms with Gasteiger partial charge in [0.2, 0.25) is 0 Å². The van der Waals surface area contributed by atoms with Crippen LogP contribution >= 0.6 is 0 Å². The molecule has 4 rings (SSSR count). The second-order valence-corrected chi connectivity index (χ2v) is 7.39. The molecular formula is C15H22O. The fraction of sp³-hybridized carbons (Fsp3) is 0.867. The molecule has 3 fully saturated rings. The normalized spacial score (nSPS) is 63.5. The van der Waals surface area contributed by atoms with E-state index in [2.05, 4.69) is 32.9 Å². The molecule has 0 saturated heterocycles. The summed E-state index contributed by atoms with van der Waals surface area (Å²) in [6, 6.07) is 0. The molecule has 0 amide bonds. The average Bonchev–Trinajstić information content (AvgIpc) is 2.57. The summed E-state index contributed by atoms with van der Waals surface area (Å²) in [6.45, 7) is 7.85. The van der Waals surface area contributed by atoms with Gasteiger partial charge in [0.1, 0.15) is 0 Å². The van der Waals surface area contributed by atoms with Crippen LogP contribution in [0.3, 0.4) is 0 Å². The maximum absolute atomic E-state index is 9.69. The Labute approximate surface area is 97.9 Å². The summed E-state index contributed by atoms with van der Waals surface area (Å²) in [4.78, 5) is 0. The van der Waals surface area contributed by atoms with Gasteiger partial charge in [-0.1, -0.05) is 32.9 Å². The number of hydrogen-bond donors (Lipinski definition) is 1. The molecule has 0 aromatic carbocycles. The fourth-order valence-electron chi connectivity index (χ4n) is 6.86. The van der Waals surface area contributed by atoms with Crippen LogP contribution in [0.25, 0.3) is 0 Å². The predicted molar refractivity (Wildman–Crippen MR) is 63.7 cm³/mol. The molecule has 6 atom stereocenters. The lowest BCUT2D eigenvalue weighted by Gasteiger charge is -2.35. The van der Waals surface area contributed by atoms with Crippen LogP contribution < -0.4 is 0 Å². The van der Waals surface area contributed by atoms with Gasteiger partial charge in [-0.2, -0.15) is 0 Å². The Kier molecular flexibility index (Phi) is 1.39. The van der Waals surface area contributed by atoms with Gasteiger partial charge in [-0.15, -0.1) is 0 Å². The van der Waals surface area contributed by atoms with Gasteiger partial charge in [-0.3, -0.25) is 0 Å². The standard InChI is InChI=1S/C15H22O/c1-13(2)10-6-7-12-14(10,3)15(12)9(8-16)4-5-11(13)15/h6-7,9-12,16H,4-5,8H2,1-3H3/t9-,10-,11-,12?,14+,15?/m0/s1. The van der Waals surface area contributed by atoms with Crippen LogP contribution in [0.5, 0.6) is 0 Å². The predicted octanol–water partition coefficient (Wildman–Crippen LogP) is 2.85. The SMILES string of the molecule is CC1(C)[C@@H]2CC[C@@H](CO)C23C2C=C[C@@H]1[C@]23C. The van der Waals surface area contributed by atoms with E-state index in [-0.39, 0.29) is 0 Å². The molecule has 88 valence electrons. The van der Waals surface area contributed by atoms with Gasteiger partial charge in [0.05, 0.1) is 0 Å². The minimum Gasteiger partial charge on any atom is -0.396 e. The third-order valence-electron chi connectivity index (χ3n) is 7.13. The van der Waals surface area contributed by atoms with E-state index in [1.807, 2.05) is 0 Å². The Balaban J connectivity index is 1.92. The molecule has 0 aromatic rings. The zero-order valence-corrected chi connectivity index (χ0v) is 10.5. The molecule has 0 aromatic heterocycles. The van der Waals surface area contributed by atoms with Crippen LogP contribution in [0.4, 0.5) is 0 Å². The first kappa shape index (κ1) is 9.70. The molecular weight excluding hydrogens is 196 g/mol. The van der Waals surface area contributed by atoms with Crippen molar-refractivity contribution < 1.29 is 5.11 Å². The highest BCUT2D eigenvalue weighted by Crippen LogP contribution is 2.93. The average molecular weight is 218 g/mol. The van der Waals surface area contributed by atoms with Gasteiger partial charge in [0, 0.05) is 6.61 Å². The number of rotatable bonds is 1. The minimum absolute atomic E-state index is 0.416. The first-order valence-electron chi connectivity index (χ1n) is 6.81. The molecule has 1 spiro atoms. The van der Waals surface area contributed by atoms with Gasteiger partial charge in [0.25, 0.3) is 0 Å². The van der Waals surface area contributed by atoms with E-state index in [4.69, 9.17) is 0 Å². The molecule has 4 aliphatic carbocycles. The monoisotopic (exact) mass is 218 g/mol. The molecule has 1 heteroatoms. The Morgan fingerprint density at radius 2 is 1.81 bits per heavy atom. The highest BCUT2D eigenvalue weighted by atomic mass is 16.3. The number of hydrogen-bond acceptors (Lipinski definition) is 1. The lowest BCUT2D eigenvalue weighted by atomic mass is 9.69. The lowest BCUT2D eigenvalue weighted by Crippen LogP contribution is -2.30. The summed E-state index contributed by atoms with van der Waals surface area (Å²) in [6.07, 6.45) is 7.59. The molecule has 0 bridgehead atoms. The number of aliphatic hydroxyl groups excluding tert-OH is 1. The zero-order valence-electron chi connectivity index (χ0n) is 10.5. The Morgan fingerprint density at radius 3 is 2.50 bits per heavy atom. The summed E-state index contributed by atoms with van der Waals surface area (Å²) in [7, 11) is 0. The fourth-order valence-corrected chi connectivity index (χ4v) is 6.86. The second kappa shape index (κ2) is 2.29. The van der Waals surface area contributed by atoms with Gasteiger partial charge in [-0.05, 0) is 52.8 Å². The van der Waals surface area contributed by atoms with Crippen LogP contribution in [0, 0.1) is 39.9 Å². The van der Waals surface area contributed by atoms with Crippen molar-refractivity contribution in [2.75, 3.05) is 6.61 Å². The smallest absolute Gasteiger partial charge is 0.0465 e. The van der Waals surface area contributed by atoms with Crippen molar-refractivity contribution in [3.05, 3.63) is 12.2 Å². The maximum atomic E-state index is 9.69. The van der Waals surface area contributed by atoms with Crippen LogP contribution in [0.1, 0.15) is 33.6 Å². The van der Waals surface area contributed by atoms with Crippen molar-refractivity contribution in [2.24, 2.45) is 39.9 Å². The highest BCUT2D eigenvalue weighted by Gasteiger charge is 2.89. The third-order valence-corrected chi connectivity index (χ3v) is 7.13. The van der Waals surface area contributed by atoms with Crippen LogP contribution in [0.2, 0.25) is 0 Å². The largest absolute Gasteiger partial charge is 0.396 e. The summed E-state index contributed by atoms with van der Waals surface area (Å²) >= 11 is 0. The highest BCUT2D eigenvalue weighted by molar-refractivity contribution is 5.45. The van der Waals surface area contributed by atoms with E-state index in [0.29, 0.717) is 28.8 Å². The first-order chi connectivity index (χ1) is 7.52. The molecule has 16 heavy (non-hydrogen) atoms. The maximum Gasteiger partial charge on any atom is 0.0465 e. The van der Waals surface area contributed by atoms with Gasteiger partial charge >= 0.3 is 0 Å². The number of allylic oxidation sites excluding steroid dienone is 2. The van der Waals surface area contributed by atoms with Gasteiger partial charge < -0.3 is 5.11 Å². The molecule has 0 radical (unpaired) electrons. The summed E-state index contributed by atoms with van der Waals surface area (Å²) in [5.41, 5.74) is 1.46. The van der Waals surface area contributed by atoms with Crippen molar-refractivity contribution in [1.29, 1.82) is 0 Å². The van der Waals surface area contributed by atoms with E-state index in [9.17, 15) is 5.11 Å². The van der Waals surface area contributed by atoms with Crippen LogP contribution in [-0.2, 0) is 0 Å². The first-order valence-corrected chi connectivity index (χ1v) is 6.81. The van der Waals surface area contributed by atoms with Crippen molar-refractivity contribution >= 4 is 0 Å². The summed E-state index contributed by atoms with van der Waals surface area (Å²) in [5, 5.41) is 9.69. The zero-order chi connectivity index (χ0) is 11.3. The van der Waals surface area contributed by atoms with E-state index < -0.39 is 0 Å². The van der Waals surface area contributed by atoms with Gasteiger partial charge in [-0.25, -0.2) is 0 Å². The number of aliphatic hydroxyl groups is 1. The van der Waals surface area contributed by atoms with E-state index in [0.717, 1.165) is 17.8 Å². The minimum atomic E-state index is 0.416. The molecule has 3 saturated carbocycles. The second-order valence-electron chi connectivity index (χ2n) is 7.39. The molecule has 1 nitrogen and oxygen atoms in total. The molecule has 0 aliphatic heterocycles. The summed E-state index contributed by atoms with van der Waals surface area (Å²) < 4.78 is 0. The molecule has 2 unspecified atom stereocenters. The van der Waals surface area contributed by atoms with Crippen molar-refractivity contribution in [2.45, 2.75) is 33.6 Å². The molecule has 0 heterocycles. The molecule has 1 N–H and O–H groups in total. The quantitative estimate of drug-likeness (QED) is 0.671. The van der Waals surface area contributed by atoms with E-state index in [1.54, 1.807) is 0 Å². The third kappa shape index (κ3) is 0.600. The van der Waals surface area contributed by atoms with Gasteiger partial charge in [0.15, 0.2) is 0 Å². The van der Waals surface area contributed by atoms with Crippen molar-refractivity contribution in [3.63, 3.8) is 0 Å². The van der Waals surface area contributed by atoms with E-state index in [1.165, 1.54) is 12.8 Å². The Morgan fingerprint density at radius 1 is 1.12 bits per heavy atom. The Bertz CT molecular complexity index is 396. The topological polar surface area (TPSA) is 20.2 Å². The van der Waals surface area contributed by atoms with Crippen LogP contribution in [-0.4, -0.2) is 11.7 Å². The lowest BCUT2D eigenvalue weighted by molar-refractivity contribution is 0.120. The van der Waals surface area contributed by atoms with E-state index >= 15 is 0 Å². The Hall–Kier alpha value is -0.300.